The topological polar surface area (TPSA) is 41.1 Å². The predicted molar refractivity (Wildman–Crippen MR) is 78.8 cm³/mol. The summed E-state index contributed by atoms with van der Waals surface area (Å²) in [6.45, 7) is 7.40. The Kier molecular flexibility index (Phi) is 14.0. The average Bonchev–Trinajstić information content (AvgIpc) is 2.36. The van der Waals surface area contributed by atoms with Crippen LogP contribution in [-0.4, -0.2) is 25.5 Å². The summed E-state index contributed by atoms with van der Waals surface area (Å²) in [5.41, 5.74) is 0. The molecule has 0 rings (SSSR count). The Bertz CT molecular complexity index is 183. The highest BCUT2D eigenvalue weighted by Gasteiger charge is 1.97. The molecule has 0 heterocycles. The van der Waals surface area contributed by atoms with E-state index < -0.39 is 0 Å². The van der Waals surface area contributed by atoms with Gasteiger partial charge in [-0.25, -0.2) is 0 Å². The normalized spacial score (nSPS) is 10.6. The van der Waals surface area contributed by atoms with Crippen molar-refractivity contribution < 1.29 is 4.79 Å². The Balaban J connectivity index is 3.01. The summed E-state index contributed by atoms with van der Waals surface area (Å²) < 4.78 is 0. The Hall–Kier alpha value is -0.570. The first-order valence-corrected chi connectivity index (χ1v) is 7.78. The summed E-state index contributed by atoms with van der Waals surface area (Å²) in [5.74, 6) is 0.201. The van der Waals surface area contributed by atoms with E-state index in [-0.39, 0.29) is 5.91 Å². The first-order chi connectivity index (χ1) is 8.81. The van der Waals surface area contributed by atoms with Gasteiger partial charge in [0.2, 0.25) is 5.91 Å². The van der Waals surface area contributed by atoms with Crippen molar-refractivity contribution in [2.24, 2.45) is 0 Å². The Morgan fingerprint density at radius 1 is 0.778 bits per heavy atom. The molecule has 18 heavy (non-hydrogen) atoms. The minimum atomic E-state index is 0.201. The SMILES string of the molecule is CCCCCCNCCCCCNC(=O)CCC. The molecule has 2 N–H and O–H groups in total. The van der Waals surface area contributed by atoms with Gasteiger partial charge in [-0.15, -0.1) is 0 Å². The molecule has 0 radical (unpaired) electrons. The van der Waals surface area contributed by atoms with Crippen LogP contribution in [-0.2, 0) is 4.79 Å². The van der Waals surface area contributed by atoms with Gasteiger partial charge in [-0.05, 0) is 38.8 Å². The fourth-order valence-corrected chi connectivity index (χ4v) is 1.90. The van der Waals surface area contributed by atoms with Crippen molar-refractivity contribution in [3.63, 3.8) is 0 Å². The van der Waals surface area contributed by atoms with Gasteiger partial charge >= 0.3 is 0 Å². The van der Waals surface area contributed by atoms with E-state index in [0.717, 1.165) is 32.5 Å². The molecule has 0 aromatic heterocycles. The standard InChI is InChI=1S/C15H32N2O/c1-3-5-6-8-12-16-13-9-7-10-14-17-15(18)11-4-2/h16H,3-14H2,1-2H3,(H,17,18). The van der Waals surface area contributed by atoms with Gasteiger partial charge in [0.15, 0.2) is 0 Å². The second kappa shape index (κ2) is 14.5. The lowest BCUT2D eigenvalue weighted by Gasteiger charge is -2.05. The third kappa shape index (κ3) is 13.5. The number of rotatable bonds is 13. The molecular weight excluding hydrogens is 224 g/mol. The zero-order valence-corrected chi connectivity index (χ0v) is 12.4. The number of hydrogen-bond donors (Lipinski definition) is 2. The number of amides is 1. The van der Waals surface area contributed by atoms with Crippen LogP contribution in [0.15, 0.2) is 0 Å². The lowest BCUT2D eigenvalue weighted by atomic mass is 10.2. The van der Waals surface area contributed by atoms with E-state index in [1.54, 1.807) is 0 Å². The van der Waals surface area contributed by atoms with E-state index in [4.69, 9.17) is 0 Å². The van der Waals surface area contributed by atoms with Crippen molar-refractivity contribution in [3.05, 3.63) is 0 Å². The minimum absolute atomic E-state index is 0.201. The first-order valence-electron chi connectivity index (χ1n) is 7.78. The van der Waals surface area contributed by atoms with Gasteiger partial charge in [0, 0.05) is 13.0 Å². The van der Waals surface area contributed by atoms with E-state index >= 15 is 0 Å². The third-order valence-electron chi connectivity index (χ3n) is 3.04. The van der Waals surface area contributed by atoms with Crippen molar-refractivity contribution >= 4 is 5.91 Å². The molecule has 0 saturated carbocycles. The molecule has 0 saturated heterocycles. The van der Waals surface area contributed by atoms with Crippen LogP contribution in [0.25, 0.3) is 0 Å². The van der Waals surface area contributed by atoms with Gasteiger partial charge < -0.3 is 10.6 Å². The van der Waals surface area contributed by atoms with Gasteiger partial charge in [-0.2, -0.15) is 0 Å². The van der Waals surface area contributed by atoms with Crippen molar-refractivity contribution in [1.29, 1.82) is 0 Å². The van der Waals surface area contributed by atoms with Gasteiger partial charge in [-0.3, -0.25) is 4.79 Å². The number of hydrogen-bond acceptors (Lipinski definition) is 2. The van der Waals surface area contributed by atoms with Crippen LogP contribution in [0.1, 0.15) is 71.6 Å². The van der Waals surface area contributed by atoms with Crippen LogP contribution in [0.3, 0.4) is 0 Å². The highest BCUT2D eigenvalue weighted by molar-refractivity contribution is 5.75. The van der Waals surface area contributed by atoms with Crippen molar-refractivity contribution in [2.45, 2.75) is 71.6 Å². The predicted octanol–water partition coefficient (Wildman–Crippen LogP) is 3.24. The van der Waals surface area contributed by atoms with Crippen molar-refractivity contribution in [1.82, 2.24) is 10.6 Å². The van der Waals surface area contributed by atoms with Crippen LogP contribution in [0.5, 0.6) is 0 Å². The summed E-state index contributed by atoms with van der Waals surface area (Å²) in [5, 5.41) is 6.43. The van der Waals surface area contributed by atoms with Crippen LogP contribution in [0, 0.1) is 0 Å². The maximum atomic E-state index is 11.2. The molecule has 0 fully saturated rings. The Labute approximate surface area is 113 Å². The summed E-state index contributed by atoms with van der Waals surface area (Å²) in [7, 11) is 0. The molecule has 0 unspecified atom stereocenters. The lowest BCUT2D eigenvalue weighted by Crippen LogP contribution is -2.24. The molecule has 3 nitrogen and oxygen atoms in total. The van der Waals surface area contributed by atoms with Gasteiger partial charge in [0.1, 0.15) is 0 Å². The van der Waals surface area contributed by atoms with Gasteiger partial charge in [0.05, 0.1) is 0 Å². The smallest absolute Gasteiger partial charge is 0.219 e. The molecule has 3 heteroatoms. The zero-order chi connectivity index (χ0) is 13.5. The molecule has 1 amide bonds. The fraction of sp³-hybridized carbons (Fsp3) is 0.933. The van der Waals surface area contributed by atoms with Crippen LogP contribution in [0.4, 0.5) is 0 Å². The maximum Gasteiger partial charge on any atom is 0.219 e. The largest absolute Gasteiger partial charge is 0.356 e. The number of nitrogens with one attached hydrogen (secondary N) is 2. The molecular formula is C15H32N2O. The number of carbonyl (C=O) groups is 1. The molecule has 0 spiro atoms. The van der Waals surface area contributed by atoms with Crippen LogP contribution >= 0.6 is 0 Å². The molecule has 108 valence electrons. The summed E-state index contributed by atoms with van der Waals surface area (Å²) >= 11 is 0. The summed E-state index contributed by atoms with van der Waals surface area (Å²) in [4.78, 5) is 11.2. The Morgan fingerprint density at radius 3 is 2.00 bits per heavy atom. The van der Waals surface area contributed by atoms with Crippen molar-refractivity contribution in [3.8, 4) is 0 Å². The first kappa shape index (κ1) is 17.4. The summed E-state index contributed by atoms with van der Waals surface area (Å²) in [6, 6.07) is 0. The fourth-order valence-electron chi connectivity index (χ4n) is 1.90. The molecule has 0 aromatic carbocycles. The van der Waals surface area contributed by atoms with E-state index in [9.17, 15) is 4.79 Å². The monoisotopic (exact) mass is 256 g/mol. The molecule has 0 aromatic rings. The zero-order valence-electron chi connectivity index (χ0n) is 12.4. The van der Waals surface area contributed by atoms with Crippen molar-refractivity contribution in [2.75, 3.05) is 19.6 Å². The molecule has 0 atom stereocenters. The highest BCUT2D eigenvalue weighted by atomic mass is 16.1. The second-order valence-corrected chi connectivity index (χ2v) is 4.97. The average molecular weight is 256 g/mol. The quantitative estimate of drug-likeness (QED) is 0.497. The lowest BCUT2D eigenvalue weighted by molar-refractivity contribution is -0.121. The molecule has 0 aliphatic heterocycles. The highest BCUT2D eigenvalue weighted by Crippen LogP contribution is 1.97. The van der Waals surface area contributed by atoms with Crippen LogP contribution in [0.2, 0.25) is 0 Å². The molecule has 0 aliphatic carbocycles. The van der Waals surface area contributed by atoms with Gasteiger partial charge in [-0.1, -0.05) is 39.5 Å². The minimum Gasteiger partial charge on any atom is -0.356 e. The molecule has 0 aliphatic rings. The number of unbranched alkanes of at least 4 members (excludes halogenated alkanes) is 5. The molecule has 0 bridgehead atoms. The van der Waals surface area contributed by atoms with E-state index in [0.29, 0.717) is 6.42 Å². The van der Waals surface area contributed by atoms with Crippen LogP contribution < -0.4 is 10.6 Å². The maximum absolute atomic E-state index is 11.2. The number of carbonyl (C=O) groups excluding carboxylic acids is 1. The Morgan fingerprint density at radius 2 is 1.39 bits per heavy atom. The second-order valence-electron chi connectivity index (χ2n) is 4.97. The van der Waals surface area contributed by atoms with E-state index in [1.165, 1.54) is 38.5 Å². The summed E-state index contributed by atoms with van der Waals surface area (Å²) in [6.07, 6.45) is 10.5. The van der Waals surface area contributed by atoms with Gasteiger partial charge in [0.25, 0.3) is 0 Å². The van der Waals surface area contributed by atoms with E-state index in [2.05, 4.69) is 17.6 Å². The van der Waals surface area contributed by atoms with E-state index in [1.807, 2.05) is 6.92 Å². The third-order valence-corrected chi connectivity index (χ3v) is 3.04.